The molecule has 0 spiro atoms. The third-order valence-electron chi connectivity index (χ3n) is 3.80. The van der Waals surface area contributed by atoms with Crippen molar-refractivity contribution in [2.24, 2.45) is 5.92 Å². The summed E-state index contributed by atoms with van der Waals surface area (Å²) in [6.07, 6.45) is -3.85. The topological polar surface area (TPSA) is 20.2 Å². The first kappa shape index (κ1) is 15.6. The Bertz CT molecular complexity index is 489. The van der Waals surface area contributed by atoms with Crippen LogP contribution in [0.2, 0.25) is 5.02 Å². The van der Waals surface area contributed by atoms with Crippen LogP contribution in [0.4, 0.5) is 17.6 Å². The highest BCUT2D eigenvalue weighted by Gasteiger charge is 2.46. The zero-order chi connectivity index (χ0) is 15.0. The molecule has 1 aromatic rings. The number of hydrogen-bond acceptors (Lipinski definition) is 1. The van der Waals surface area contributed by atoms with Gasteiger partial charge >= 0.3 is 6.18 Å². The lowest BCUT2D eigenvalue weighted by Gasteiger charge is -2.37. The second-order valence-electron chi connectivity index (χ2n) is 5.48. The van der Waals surface area contributed by atoms with Gasteiger partial charge in [0.25, 0.3) is 0 Å². The van der Waals surface area contributed by atoms with Crippen molar-refractivity contribution < 1.29 is 22.7 Å². The molecular weight excluding hydrogens is 296 g/mol. The summed E-state index contributed by atoms with van der Waals surface area (Å²) >= 11 is 5.64. The van der Waals surface area contributed by atoms with Gasteiger partial charge in [-0.1, -0.05) is 17.7 Å². The van der Waals surface area contributed by atoms with Crippen molar-refractivity contribution in [1.29, 1.82) is 0 Å². The van der Waals surface area contributed by atoms with Gasteiger partial charge in [0.05, 0.1) is 16.5 Å². The average Bonchev–Trinajstić information content (AvgIpc) is 2.32. The number of rotatable bonds is 2. The average molecular weight is 311 g/mol. The Kier molecular flexibility index (Phi) is 4.30. The van der Waals surface area contributed by atoms with E-state index in [1.54, 1.807) is 0 Å². The number of hydrogen-bond donors (Lipinski definition) is 1. The molecular formula is C14H15ClF4O. The first-order valence-electron chi connectivity index (χ1n) is 6.43. The maximum Gasteiger partial charge on any atom is 0.391 e. The Morgan fingerprint density at radius 1 is 1.35 bits per heavy atom. The molecule has 1 aliphatic carbocycles. The molecule has 2 rings (SSSR count). The Labute approximate surface area is 119 Å². The van der Waals surface area contributed by atoms with Crippen LogP contribution >= 0.6 is 11.6 Å². The highest BCUT2D eigenvalue weighted by atomic mass is 35.5. The molecule has 0 saturated heterocycles. The predicted octanol–water partition coefficient (Wildman–Crippen LogP) is 4.51. The molecule has 1 saturated carbocycles. The molecule has 1 fully saturated rings. The van der Waals surface area contributed by atoms with Crippen molar-refractivity contribution in [2.45, 2.75) is 43.9 Å². The summed E-state index contributed by atoms with van der Waals surface area (Å²) in [7, 11) is 0. The van der Waals surface area contributed by atoms with Crippen LogP contribution in [0.15, 0.2) is 18.2 Å². The van der Waals surface area contributed by atoms with Crippen molar-refractivity contribution >= 4 is 11.6 Å². The summed E-state index contributed by atoms with van der Waals surface area (Å²) in [4.78, 5) is 0. The minimum absolute atomic E-state index is 0.0516. The van der Waals surface area contributed by atoms with Crippen LogP contribution in [0.1, 0.15) is 31.2 Å². The molecule has 2 unspecified atom stereocenters. The second-order valence-corrected chi connectivity index (χ2v) is 5.89. The molecule has 0 aromatic heterocycles. The summed E-state index contributed by atoms with van der Waals surface area (Å²) in [5.41, 5.74) is -0.860. The fourth-order valence-corrected chi connectivity index (χ4v) is 3.01. The van der Waals surface area contributed by atoms with E-state index in [0.29, 0.717) is 18.4 Å². The van der Waals surface area contributed by atoms with Crippen molar-refractivity contribution in [2.75, 3.05) is 0 Å². The molecule has 0 bridgehead atoms. The number of aliphatic hydroxyl groups is 1. The van der Waals surface area contributed by atoms with Gasteiger partial charge in [-0.2, -0.15) is 13.2 Å². The first-order chi connectivity index (χ1) is 9.20. The first-order valence-corrected chi connectivity index (χ1v) is 6.80. The zero-order valence-electron chi connectivity index (χ0n) is 10.7. The van der Waals surface area contributed by atoms with E-state index in [1.807, 2.05) is 0 Å². The van der Waals surface area contributed by atoms with Gasteiger partial charge in [0.2, 0.25) is 0 Å². The largest absolute Gasteiger partial charge is 0.391 e. The third kappa shape index (κ3) is 3.64. The van der Waals surface area contributed by atoms with Crippen LogP contribution in [0.5, 0.6) is 0 Å². The summed E-state index contributed by atoms with van der Waals surface area (Å²) in [5, 5.41) is 10.3. The van der Waals surface area contributed by atoms with Crippen molar-refractivity contribution in [3.63, 3.8) is 0 Å². The van der Waals surface area contributed by atoms with Crippen LogP contribution in [-0.4, -0.2) is 16.9 Å². The van der Waals surface area contributed by atoms with E-state index in [-0.39, 0.29) is 24.3 Å². The smallest absolute Gasteiger partial charge is 0.390 e. The lowest BCUT2D eigenvalue weighted by Crippen LogP contribution is -2.41. The summed E-state index contributed by atoms with van der Waals surface area (Å²) in [6.45, 7) is 0. The van der Waals surface area contributed by atoms with Crippen LogP contribution in [-0.2, 0) is 6.42 Å². The molecule has 20 heavy (non-hydrogen) atoms. The number of alkyl halides is 3. The van der Waals surface area contributed by atoms with E-state index < -0.39 is 23.5 Å². The molecule has 1 aromatic carbocycles. The van der Waals surface area contributed by atoms with E-state index in [1.165, 1.54) is 12.1 Å². The number of halogens is 5. The molecule has 1 nitrogen and oxygen atoms in total. The highest BCUT2D eigenvalue weighted by molar-refractivity contribution is 6.30. The van der Waals surface area contributed by atoms with Crippen LogP contribution < -0.4 is 0 Å². The van der Waals surface area contributed by atoms with Crippen molar-refractivity contribution in [3.05, 3.63) is 34.6 Å². The zero-order valence-corrected chi connectivity index (χ0v) is 11.4. The molecule has 1 N–H and O–H groups in total. The van der Waals surface area contributed by atoms with Crippen molar-refractivity contribution in [3.8, 4) is 0 Å². The van der Waals surface area contributed by atoms with E-state index in [0.717, 1.165) is 6.07 Å². The molecule has 0 amide bonds. The molecule has 0 aliphatic heterocycles. The maximum atomic E-state index is 13.0. The molecule has 0 heterocycles. The van der Waals surface area contributed by atoms with Crippen LogP contribution in [0.3, 0.4) is 0 Å². The van der Waals surface area contributed by atoms with Crippen LogP contribution in [0, 0.1) is 11.7 Å². The molecule has 6 heteroatoms. The Morgan fingerprint density at radius 3 is 2.65 bits per heavy atom. The lowest BCUT2D eigenvalue weighted by atomic mass is 9.75. The normalized spacial score (nSPS) is 27.6. The monoisotopic (exact) mass is 310 g/mol. The minimum Gasteiger partial charge on any atom is -0.390 e. The highest BCUT2D eigenvalue weighted by Crippen LogP contribution is 2.43. The van der Waals surface area contributed by atoms with Crippen molar-refractivity contribution in [1.82, 2.24) is 0 Å². The van der Waals surface area contributed by atoms with E-state index in [2.05, 4.69) is 0 Å². The van der Waals surface area contributed by atoms with Gasteiger partial charge in [0.1, 0.15) is 5.82 Å². The minimum atomic E-state index is -4.28. The van der Waals surface area contributed by atoms with Crippen LogP contribution in [0.25, 0.3) is 0 Å². The van der Waals surface area contributed by atoms with Gasteiger partial charge in [-0.15, -0.1) is 0 Å². The quantitative estimate of drug-likeness (QED) is 0.797. The fourth-order valence-electron chi connectivity index (χ4n) is 2.81. The maximum absolute atomic E-state index is 13.0. The second kappa shape index (κ2) is 5.53. The van der Waals surface area contributed by atoms with E-state index in [9.17, 15) is 22.7 Å². The molecule has 2 atom stereocenters. The Morgan fingerprint density at radius 2 is 2.05 bits per heavy atom. The van der Waals surface area contributed by atoms with Gasteiger partial charge in [-0.05, 0) is 43.4 Å². The Hall–Kier alpha value is -0.810. The predicted molar refractivity (Wildman–Crippen MR) is 68.1 cm³/mol. The summed E-state index contributed by atoms with van der Waals surface area (Å²) in [6, 6.07) is 3.95. The van der Waals surface area contributed by atoms with Gasteiger partial charge in [-0.3, -0.25) is 0 Å². The lowest BCUT2D eigenvalue weighted by molar-refractivity contribution is -0.200. The van der Waals surface area contributed by atoms with E-state index in [4.69, 9.17) is 11.6 Å². The van der Waals surface area contributed by atoms with Gasteiger partial charge in [0.15, 0.2) is 0 Å². The third-order valence-corrected chi connectivity index (χ3v) is 4.09. The van der Waals surface area contributed by atoms with Gasteiger partial charge in [0, 0.05) is 6.42 Å². The number of benzene rings is 1. The Balaban J connectivity index is 2.12. The summed E-state index contributed by atoms with van der Waals surface area (Å²) in [5.74, 6) is -2.06. The van der Waals surface area contributed by atoms with E-state index >= 15 is 0 Å². The van der Waals surface area contributed by atoms with Gasteiger partial charge in [-0.25, -0.2) is 4.39 Å². The molecule has 0 radical (unpaired) electrons. The summed E-state index contributed by atoms with van der Waals surface area (Å²) < 4.78 is 51.3. The molecule has 112 valence electrons. The fraction of sp³-hybridized carbons (Fsp3) is 0.571. The van der Waals surface area contributed by atoms with Gasteiger partial charge < -0.3 is 5.11 Å². The SMILES string of the molecule is OC1(Cc2ccc(F)c(Cl)c2)CCCC(C(F)(F)F)C1. The molecule has 1 aliphatic rings. The standard InChI is InChI=1S/C14H15ClF4O/c15-11-6-9(3-4-12(11)16)7-13(20)5-1-2-10(8-13)14(17,18)19/h3-4,6,10,20H,1-2,5,7-8H2.